The Morgan fingerprint density at radius 3 is 2.86 bits per heavy atom. The normalized spacial score (nSPS) is 10.6. The van der Waals surface area contributed by atoms with Crippen molar-refractivity contribution < 1.29 is 9.21 Å². The number of hydrogen-bond acceptors (Lipinski definition) is 4. The van der Waals surface area contributed by atoms with Gasteiger partial charge in [0, 0.05) is 6.20 Å². The van der Waals surface area contributed by atoms with Gasteiger partial charge in [0.2, 0.25) is 0 Å². The second kappa shape index (κ2) is 5.61. The molecule has 0 fully saturated rings. The lowest BCUT2D eigenvalue weighted by Gasteiger charge is -2.06. The number of hydrogen-bond donors (Lipinski definition) is 1. The van der Waals surface area contributed by atoms with Gasteiger partial charge in [0.25, 0.3) is 5.91 Å². The van der Waals surface area contributed by atoms with Crippen LogP contribution >= 0.6 is 11.6 Å². The standard InChI is InChI=1S/C16H11ClN2O3/c1-9-4-5-10-8-13(22-16(21)11(10)7-9)15(20)19-12-3-2-6-18-14(12)17/h2-8H,1H3,(H,19,20). The number of halogens is 1. The smallest absolute Gasteiger partial charge is 0.344 e. The molecule has 1 N–H and O–H groups in total. The number of nitrogens with zero attached hydrogens (tertiary/aromatic N) is 1. The first-order chi connectivity index (χ1) is 10.5. The molecule has 3 rings (SSSR count). The number of aromatic nitrogens is 1. The summed E-state index contributed by atoms with van der Waals surface area (Å²) < 4.78 is 5.09. The van der Waals surface area contributed by atoms with Crippen molar-refractivity contribution in [1.82, 2.24) is 4.98 Å². The zero-order valence-corrected chi connectivity index (χ0v) is 12.3. The third-order valence-electron chi connectivity index (χ3n) is 3.15. The molecule has 0 radical (unpaired) electrons. The minimum Gasteiger partial charge on any atom is -0.417 e. The first kappa shape index (κ1) is 14.3. The maximum atomic E-state index is 12.2. The van der Waals surface area contributed by atoms with Crippen LogP contribution in [-0.2, 0) is 0 Å². The highest BCUT2D eigenvalue weighted by Crippen LogP contribution is 2.19. The Hall–Kier alpha value is -2.66. The zero-order valence-electron chi connectivity index (χ0n) is 11.6. The van der Waals surface area contributed by atoms with E-state index in [0.29, 0.717) is 16.5 Å². The van der Waals surface area contributed by atoms with Gasteiger partial charge in [-0.1, -0.05) is 29.3 Å². The Labute approximate surface area is 130 Å². The number of fused-ring (bicyclic) bond motifs is 1. The van der Waals surface area contributed by atoms with Crippen LogP contribution in [0.25, 0.3) is 10.8 Å². The topological polar surface area (TPSA) is 72.2 Å². The summed E-state index contributed by atoms with van der Waals surface area (Å²) in [6.45, 7) is 1.88. The van der Waals surface area contributed by atoms with E-state index in [1.54, 1.807) is 24.3 Å². The molecular formula is C16H11ClN2O3. The van der Waals surface area contributed by atoms with Crippen molar-refractivity contribution in [3.05, 3.63) is 69.5 Å². The number of carbonyl (C=O) groups is 1. The van der Waals surface area contributed by atoms with Crippen LogP contribution in [0, 0.1) is 6.92 Å². The molecule has 1 aromatic carbocycles. The van der Waals surface area contributed by atoms with Gasteiger partial charge in [0.1, 0.15) is 0 Å². The molecular weight excluding hydrogens is 304 g/mol. The maximum Gasteiger partial charge on any atom is 0.344 e. The lowest BCUT2D eigenvalue weighted by Crippen LogP contribution is -2.15. The fourth-order valence-electron chi connectivity index (χ4n) is 2.07. The van der Waals surface area contributed by atoms with Gasteiger partial charge >= 0.3 is 5.63 Å². The Bertz CT molecular complexity index is 934. The van der Waals surface area contributed by atoms with Crippen molar-refractivity contribution in [3.63, 3.8) is 0 Å². The predicted octanol–water partition coefficient (Wildman–Crippen LogP) is 3.40. The average Bonchev–Trinajstić information content (AvgIpc) is 2.50. The van der Waals surface area contributed by atoms with Crippen molar-refractivity contribution in [1.29, 1.82) is 0 Å². The van der Waals surface area contributed by atoms with Gasteiger partial charge in [-0.25, -0.2) is 9.78 Å². The largest absolute Gasteiger partial charge is 0.417 e. The molecule has 0 aliphatic carbocycles. The average molecular weight is 315 g/mol. The van der Waals surface area contributed by atoms with Crippen LogP contribution in [0.5, 0.6) is 0 Å². The third-order valence-corrected chi connectivity index (χ3v) is 3.45. The minimum atomic E-state index is -0.561. The summed E-state index contributed by atoms with van der Waals surface area (Å²) in [5, 5.41) is 3.81. The summed E-state index contributed by atoms with van der Waals surface area (Å²) in [4.78, 5) is 28.1. The second-order valence-corrected chi connectivity index (χ2v) is 5.14. The molecule has 22 heavy (non-hydrogen) atoms. The van der Waals surface area contributed by atoms with E-state index < -0.39 is 11.5 Å². The summed E-state index contributed by atoms with van der Waals surface area (Å²) in [6, 6.07) is 10.1. The lowest BCUT2D eigenvalue weighted by molar-refractivity contribution is 0.0993. The van der Waals surface area contributed by atoms with Gasteiger partial charge in [-0.05, 0) is 36.6 Å². The summed E-state index contributed by atoms with van der Waals surface area (Å²) in [7, 11) is 0. The molecule has 0 atom stereocenters. The number of aryl methyl sites for hydroxylation is 1. The Morgan fingerprint density at radius 2 is 2.09 bits per heavy atom. The third kappa shape index (κ3) is 2.71. The molecule has 6 heteroatoms. The van der Waals surface area contributed by atoms with Crippen LogP contribution in [-0.4, -0.2) is 10.9 Å². The van der Waals surface area contributed by atoms with E-state index in [9.17, 15) is 9.59 Å². The molecule has 1 amide bonds. The number of carbonyl (C=O) groups excluding carboxylic acids is 1. The number of rotatable bonds is 2. The van der Waals surface area contributed by atoms with Gasteiger partial charge in [0.15, 0.2) is 10.9 Å². The predicted molar refractivity (Wildman–Crippen MR) is 84.4 cm³/mol. The van der Waals surface area contributed by atoms with Gasteiger partial charge in [0.05, 0.1) is 11.1 Å². The summed E-state index contributed by atoms with van der Waals surface area (Å²) in [6.07, 6.45) is 1.51. The Kier molecular flexibility index (Phi) is 3.65. The molecule has 110 valence electrons. The summed E-state index contributed by atoms with van der Waals surface area (Å²) >= 11 is 5.88. The quantitative estimate of drug-likeness (QED) is 0.736. The molecule has 0 aliphatic rings. The molecule has 0 spiro atoms. The van der Waals surface area contributed by atoms with Crippen molar-refractivity contribution in [3.8, 4) is 0 Å². The van der Waals surface area contributed by atoms with Crippen molar-refractivity contribution in [2.75, 3.05) is 5.32 Å². The minimum absolute atomic E-state index is 0.0822. The molecule has 0 aliphatic heterocycles. The maximum absolute atomic E-state index is 12.2. The van der Waals surface area contributed by atoms with Crippen LogP contribution < -0.4 is 10.9 Å². The van der Waals surface area contributed by atoms with Crippen molar-refractivity contribution in [2.45, 2.75) is 6.92 Å². The van der Waals surface area contributed by atoms with Crippen LogP contribution in [0.3, 0.4) is 0 Å². The second-order valence-electron chi connectivity index (χ2n) is 4.78. The molecule has 0 bridgehead atoms. The van der Waals surface area contributed by atoms with E-state index in [0.717, 1.165) is 5.56 Å². The molecule has 0 unspecified atom stereocenters. The van der Waals surface area contributed by atoms with Crippen molar-refractivity contribution in [2.24, 2.45) is 0 Å². The highest BCUT2D eigenvalue weighted by atomic mass is 35.5. The fraction of sp³-hybridized carbons (Fsp3) is 0.0625. The van der Waals surface area contributed by atoms with Gasteiger partial charge in [-0.3, -0.25) is 4.79 Å². The monoisotopic (exact) mass is 314 g/mol. The summed E-state index contributed by atoms with van der Waals surface area (Å²) in [5.41, 5.74) is 0.739. The van der Waals surface area contributed by atoms with Gasteiger partial charge in [-0.2, -0.15) is 0 Å². The first-order valence-electron chi connectivity index (χ1n) is 6.51. The first-order valence-corrected chi connectivity index (χ1v) is 6.89. The van der Waals surface area contributed by atoms with E-state index in [1.165, 1.54) is 12.3 Å². The van der Waals surface area contributed by atoms with Crippen LogP contribution in [0.1, 0.15) is 16.1 Å². The Morgan fingerprint density at radius 1 is 1.27 bits per heavy atom. The molecule has 0 saturated carbocycles. The highest BCUT2D eigenvalue weighted by Gasteiger charge is 2.14. The number of amides is 1. The van der Waals surface area contributed by atoms with E-state index in [-0.39, 0.29) is 10.9 Å². The molecule has 2 aromatic heterocycles. The van der Waals surface area contributed by atoms with E-state index >= 15 is 0 Å². The van der Waals surface area contributed by atoms with E-state index in [1.807, 2.05) is 13.0 Å². The fourth-order valence-corrected chi connectivity index (χ4v) is 2.24. The number of anilines is 1. The highest BCUT2D eigenvalue weighted by molar-refractivity contribution is 6.32. The van der Waals surface area contributed by atoms with Crippen LogP contribution in [0.4, 0.5) is 5.69 Å². The summed E-state index contributed by atoms with van der Waals surface area (Å²) in [5.74, 6) is -0.643. The molecule has 0 saturated heterocycles. The molecule has 5 nitrogen and oxygen atoms in total. The number of benzene rings is 1. The van der Waals surface area contributed by atoms with Gasteiger partial charge in [-0.15, -0.1) is 0 Å². The lowest BCUT2D eigenvalue weighted by atomic mass is 10.1. The Balaban J connectivity index is 2.00. The van der Waals surface area contributed by atoms with E-state index in [4.69, 9.17) is 16.0 Å². The van der Waals surface area contributed by atoms with E-state index in [2.05, 4.69) is 10.3 Å². The van der Waals surface area contributed by atoms with Crippen LogP contribution in [0.15, 0.2) is 51.8 Å². The van der Waals surface area contributed by atoms with Crippen LogP contribution in [0.2, 0.25) is 5.15 Å². The van der Waals surface area contributed by atoms with Gasteiger partial charge < -0.3 is 9.73 Å². The van der Waals surface area contributed by atoms with Crippen molar-refractivity contribution >= 4 is 34.0 Å². The molecule has 3 aromatic rings. The number of pyridine rings is 1. The SMILES string of the molecule is Cc1ccc2cc(C(=O)Nc3cccnc3Cl)oc(=O)c2c1. The number of nitrogens with one attached hydrogen (secondary N) is 1. The molecule has 2 heterocycles. The zero-order chi connectivity index (χ0) is 15.7.